The summed E-state index contributed by atoms with van der Waals surface area (Å²) in [5.74, 6) is -0.189. The Bertz CT molecular complexity index is 910. The third kappa shape index (κ3) is 3.42. The Morgan fingerprint density at radius 3 is 2.27 bits per heavy atom. The molecular weight excluding hydrogens is 340 g/mol. The van der Waals surface area contributed by atoms with Gasteiger partial charge in [0.1, 0.15) is 0 Å². The van der Waals surface area contributed by atoms with Gasteiger partial charge in [0, 0.05) is 11.1 Å². The normalized spacial score (nSPS) is 15.1. The summed E-state index contributed by atoms with van der Waals surface area (Å²) in [4.78, 5) is 14.6. The maximum Gasteiger partial charge on any atom is 0.257 e. The van der Waals surface area contributed by atoms with E-state index in [9.17, 15) is 4.79 Å². The number of carbonyl (C=O) groups excluding carboxylic acids is 1. The molecule has 4 heteroatoms. The van der Waals surface area contributed by atoms with Gasteiger partial charge in [-0.2, -0.15) is 0 Å². The van der Waals surface area contributed by atoms with Crippen molar-refractivity contribution in [1.82, 2.24) is 5.32 Å². The highest BCUT2D eigenvalue weighted by molar-refractivity contribution is 7.80. The van der Waals surface area contributed by atoms with E-state index in [1.807, 2.05) is 36.1 Å². The highest BCUT2D eigenvalue weighted by Crippen LogP contribution is 2.39. The lowest BCUT2D eigenvalue weighted by Gasteiger charge is -2.43. The van der Waals surface area contributed by atoms with Crippen molar-refractivity contribution >= 4 is 34.5 Å². The maximum absolute atomic E-state index is 12.6. The molecule has 1 N–H and O–H groups in total. The first kappa shape index (κ1) is 18.3. The van der Waals surface area contributed by atoms with Crippen LogP contribution in [-0.2, 0) is 0 Å². The number of aryl methyl sites for hydroxylation is 2. The third-order valence-electron chi connectivity index (χ3n) is 4.70. The summed E-state index contributed by atoms with van der Waals surface area (Å²) in [5, 5.41) is 3.31. The number of fused-ring (bicyclic) bond motifs is 1. The van der Waals surface area contributed by atoms with E-state index in [2.05, 4.69) is 57.3 Å². The SMILES string of the molecule is CC1=CC(C)(C)N(C(=S)NC(=O)c2ccc(C)cc2)c2ccc(C)cc21. The summed E-state index contributed by atoms with van der Waals surface area (Å²) in [7, 11) is 0. The molecule has 3 nitrogen and oxygen atoms in total. The molecule has 0 fully saturated rings. The van der Waals surface area contributed by atoms with E-state index in [4.69, 9.17) is 12.2 Å². The number of rotatable bonds is 1. The number of hydrogen-bond acceptors (Lipinski definition) is 2. The Morgan fingerprint density at radius 2 is 1.62 bits per heavy atom. The summed E-state index contributed by atoms with van der Waals surface area (Å²) >= 11 is 5.64. The van der Waals surface area contributed by atoms with Crippen LogP contribution in [0, 0.1) is 13.8 Å². The standard InChI is InChI=1S/C22H24N2OS/c1-14-6-9-17(10-7-14)20(25)23-21(26)24-19-11-8-15(2)12-18(19)16(3)13-22(24,4)5/h6-13H,1-5H3,(H,23,25,26). The number of anilines is 1. The first-order valence-corrected chi connectivity index (χ1v) is 9.12. The van der Waals surface area contributed by atoms with Crippen LogP contribution in [0.4, 0.5) is 5.69 Å². The van der Waals surface area contributed by atoms with Crippen LogP contribution in [0.2, 0.25) is 0 Å². The highest BCUT2D eigenvalue weighted by atomic mass is 32.1. The second kappa shape index (κ2) is 6.69. The van der Waals surface area contributed by atoms with Crippen LogP contribution in [-0.4, -0.2) is 16.6 Å². The van der Waals surface area contributed by atoms with Crippen LogP contribution >= 0.6 is 12.2 Å². The van der Waals surface area contributed by atoms with Crippen molar-refractivity contribution in [3.05, 3.63) is 70.8 Å². The van der Waals surface area contributed by atoms with Crippen LogP contribution in [0.3, 0.4) is 0 Å². The van der Waals surface area contributed by atoms with Gasteiger partial charge in [-0.3, -0.25) is 10.1 Å². The van der Waals surface area contributed by atoms with Crippen LogP contribution in [0.5, 0.6) is 0 Å². The predicted molar refractivity (Wildman–Crippen MR) is 113 cm³/mol. The Labute approximate surface area is 160 Å². The van der Waals surface area contributed by atoms with Gasteiger partial charge in [-0.05, 0) is 76.7 Å². The van der Waals surface area contributed by atoms with Gasteiger partial charge in [-0.15, -0.1) is 0 Å². The number of nitrogens with zero attached hydrogens (tertiary/aromatic N) is 1. The molecule has 1 heterocycles. The third-order valence-corrected chi connectivity index (χ3v) is 4.99. The first-order valence-electron chi connectivity index (χ1n) is 8.72. The molecular formula is C22H24N2OS. The highest BCUT2D eigenvalue weighted by Gasteiger charge is 2.34. The van der Waals surface area contributed by atoms with Gasteiger partial charge in [-0.1, -0.05) is 35.4 Å². The minimum atomic E-state index is -0.329. The molecule has 1 aliphatic heterocycles. The summed E-state index contributed by atoms with van der Waals surface area (Å²) in [6.07, 6.45) is 2.19. The molecule has 2 aromatic carbocycles. The van der Waals surface area contributed by atoms with Gasteiger partial charge in [0.25, 0.3) is 5.91 Å². The molecule has 0 aromatic heterocycles. The Morgan fingerprint density at radius 1 is 1.00 bits per heavy atom. The summed E-state index contributed by atoms with van der Waals surface area (Å²) in [6.45, 7) is 10.4. The molecule has 0 atom stereocenters. The molecule has 0 bridgehead atoms. The number of nitrogens with one attached hydrogen (secondary N) is 1. The molecule has 2 aromatic rings. The number of carbonyl (C=O) groups is 1. The number of amides is 1. The van der Waals surface area contributed by atoms with E-state index >= 15 is 0 Å². The summed E-state index contributed by atoms with van der Waals surface area (Å²) in [5.41, 5.74) is 5.98. The van der Waals surface area contributed by atoms with Crippen LogP contribution in [0.1, 0.15) is 47.8 Å². The summed E-state index contributed by atoms with van der Waals surface area (Å²) in [6, 6.07) is 13.8. The van der Waals surface area contributed by atoms with Crippen molar-refractivity contribution in [2.45, 2.75) is 40.2 Å². The van der Waals surface area contributed by atoms with Crippen LogP contribution < -0.4 is 10.2 Å². The van der Waals surface area contributed by atoms with E-state index in [0.717, 1.165) is 16.8 Å². The van der Waals surface area contributed by atoms with Gasteiger partial charge in [0.05, 0.1) is 11.2 Å². The minimum absolute atomic E-state index is 0.189. The van der Waals surface area contributed by atoms with Crippen molar-refractivity contribution in [3.63, 3.8) is 0 Å². The summed E-state index contributed by atoms with van der Waals surface area (Å²) < 4.78 is 0. The van der Waals surface area contributed by atoms with Crippen molar-refractivity contribution in [2.24, 2.45) is 0 Å². The Hall–Kier alpha value is -2.46. The largest absolute Gasteiger partial charge is 0.309 e. The molecule has 26 heavy (non-hydrogen) atoms. The second-order valence-corrected chi connectivity index (χ2v) is 7.85. The molecule has 0 radical (unpaired) electrons. The minimum Gasteiger partial charge on any atom is -0.309 e. The van der Waals surface area contributed by atoms with Crippen LogP contribution in [0.15, 0.2) is 48.5 Å². The van der Waals surface area contributed by atoms with Crippen molar-refractivity contribution in [3.8, 4) is 0 Å². The molecule has 0 unspecified atom stereocenters. The van der Waals surface area contributed by atoms with Gasteiger partial charge < -0.3 is 4.90 Å². The number of benzene rings is 2. The van der Waals surface area contributed by atoms with Gasteiger partial charge >= 0.3 is 0 Å². The fourth-order valence-electron chi connectivity index (χ4n) is 3.44. The lowest BCUT2D eigenvalue weighted by atomic mass is 9.88. The first-order chi connectivity index (χ1) is 12.2. The lowest BCUT2D eigenvalue weighted by Crippen LogP contribution is -2.54. The molecule has 0 saturated heterocycles. The van der Waals surface area contributed by atoms with Gasteiger partial charge in [0.2, 0.25) is 0 Å². The monoisotopic (exact) mass is 364 g/mol. The van der Waals surface area contributed by atoms with Crippen LogP contribution in [0.25, 0.3) is 5.57 Å². The molecule has 0 spiro atoms. The quantitative estimate of drug-likeness (QED) is 0.721. The number of thiocarbonyl (C=S) groups is 1. The second-order valence-electron chi connectivity index (χ2n) is 7.46. The van der Waals surface area contributed by atoms with E-state index in [1.165, 1.54) is 11.1 Å². The Kier molecular flexibility index (Phi) is 4.72. The van der Waals surface area contributed by atoms with E-state index < -0.39 is 0 Å². The fraction of sp³-hybridized carbons (Fsp3) is 0.273. The van der Waals surface area contributed by atoms with Crippen molar-refractivity contribution in [2.75, 3.05) is 4.90 Å². The van der Waals surface area contributed by atoms with E-state index in [-0.39, 0.29) is 11.4 Å². The van der Waals surface area contributed by atoms with Crippen molar-refractivity contribution in [1.29, 1.82) is 0 Å². The molecule has 1 amide bonds. The topological polar surface area (TPSA) is 32.3 Å². The molecule has 1 aliphatic rings. The van der Waals surface area contributed by atoms with E-state index in [0.29, 0.717) is 10.7 Å². The Balaban J connectivity index is 1.93. The van der Waals surface area contributed by atoms with E-state index in [1.54, 1.807) is 0 Å². The number of allylic oxidation sites excluding steroid dienone is 1. The lowest BCUT2D eigenvalue weighted by molar-refractivity contribution is 0.0977. The number of hydrogen-bond donors (Lipinski definition) is 1. The zero-order valence-corrected chi connectivity index (χ0v) is 16.7. The fourth-order valence-corrected chi connectivity index (χ4v) is 3.87. The molecule has 134 valence electrons. The average molecular weight is 365 g/mol. The molecule has 0 aliphatic carbocycles. The van der Waals surface area contributed by atoms with Crippen molar-refractivity contribution < 1.29 is 4.79 Å². The average Bonchev–Trinajstić information content (AvgIpc) is 2.55. The zero-order chi connectivity index (χ0) is 19.1. The molecule has 3 rings (SSSR count). The smallest absolute Gasteiger partial charge is 0.257 e. The zero-order valence-electron chi connectivity index (χ0n) is 15.9. The van der Waals surface area contributed by atoms with Gasteiger partial charge in [0.15, 0.2) is 5.11 Å². The van der Waals surface area contributed by atoms with Gasteiger partial charge in [-0.25, -0.2) is 0 Å². The predicted octanol–water partition coefficient (Wildman–Crippen LogP) is 5.02. The maximum atomic E-state index is 12.6. The molecule has 0 saturated carbocycles.